The molecule has 7 nitrogen and oxygen atoms in total. The maximum atomic E-state index is 12.3. The molecule has 2 rings (SSSR count). The zero-order valence-electron chi connectivity index (χ0n) is 17.8. The molecule has 1 amide bonds. The lowest BCUT2D eigenvalue weighted by molar-refractivity contribution is -0.155. The zero-order valence-corrected chi connectivity index (χ0v) is 17.8. The standard InChI is InChI=1S/C23H30N2O5/c1-4-17(14-23(2,3)22(28)29-13-12-26)18-9-7-16(8-10-18)15-30-21-19(20(24)27)6-5-11-25-21/h5-11,17,26H,4,12-15H2,1-3H3,(H2,24,27). The van der Waals surface area contributed by atoms with Gasteiger partial charge in [-0.05, 0) is 55.9 Å². The van der Waals surface area contributed by atoms with Crippen LogP contribution in [0.1, 0.15) is 61.0 Å². The van der Waals surface area contributed by atoms with Gasteiger partial charge in [0.25, 0.3) is 5.91 Å². The number of nitrogens with two attached hydrogens (primary N) is 1. The first-order valence-electron chi connectivity index (χ1n) is 10.0. The van der Waals surface area contributed by atoms with Gasteiger partial charge in [-0.2, -0.15) is 0 Å². The number of aromatic nitrogens is 1. The van der Waals surface area contributed by atoms with E-state index in [9.17, 15) is 9.59 Å². The van der Waals surface area contributed by atoms with Crippen LogP contribution in [-0.2, 0) is 16.1 Å². The van der Waals surface area contributed by atoms with Crippen LogP contribution in [0.2, 0.25) is 0 Å². The van der Waals surface area contributed by atoms with E-state index in [1.165, 1.54) is 0 Å². The van der Waals surface area contributed by atoms with Crippen molar-refractivity contribution in [3.05, 3.63) is 59.3 Å². The molecule has 3 N–H and O–H groups in total. The van der Waals surface area contributed by atoms with E-state index >= 15 is 0 Å². The Morgan fingerprint density at radius 1 is 1.20 bits per heavy atom. The van der Waals surface area contributed by atoms with Crippen molar-refractivity contribution in [1.29, 1.82) is 0 Å². The third kappa shape index (κ3) is 6.29. The monoisotopic (exact) mass is 414 g/mol. The molecule has 0 fully saturated rings. The number of amides is 1. The van der Waals surface area contributed by atoms with E-state index in [-0.39, 0.29) is 43.2 Å². The van der Waals surface area contributed by atoms with Crippen LogP contribution in [0.3, 0.4) is 0 Å². The van der Waals surface area contributed by atoms with Crippen LogP contribution in [0.5, 0.6) is 5.88 Å². The fourth-order valence-corrected chi connectivity index (χ4v) is 3.26. The van der Waals surface area contributed by atoms with Crippen LogP contribution in [0.4, 0.5) is 0 Å². The van der Waals surface area contributed by atoms with E-state index in [1.807, 2.05) is 38.1 Å². The largest absolute Gasteiger partial charge is 0.472 e. The van der Waals surface area contributed by atoms with E-state index in [4.69, 9.17) is 20.3 Å². The number of carbonyl (C=O) groups is 2. The normalized spacial score (nSPS) is 12.3. The number of carbonyl (C=O) groups excluding carboxylic acids is 2. The minimum absolute atomic E-state index is 0.0154. The molecule has 2 aromatic rings. The number of nitrogens with zero attached hydrogens (tertiary/aromatic N) is 1. The van der Waals surface area contributed by atoms with Gasteiger partial charge < -0.3 is 20.3 Å². The van der Waals surface area contributed by atoms with Gasteiger partial charge in [-0.25, -0.2) is 4.98 Å². The molecule has 0 spiro atoms. The predicted octanol–water partition coefficient (Wildman–Crippen LogP) is 3.20. The molecule has 1 atom stereocenters. The molecule has 1 aromatic carbocycles. The Morgan fingerprint density at radius 2 is 1.90 bits per heavy atom. The number of rotatable bonds is 11. The molecule has 0 aliphatic carbocycles. The summed E-state index contributed by atoms with van der Waals surface area (Å²) in [5, 5.41) is 8.86. The van der Waals surface area contributed by atoms with E-state index < -0.39 is 11.3 Å². The Bertz CT molecular complexity index is 849. The van der Waals surface area contributed by atoms with Gasteiger partial charge in [0.2, 0.25) is 5.88 Å². The summed E-state index contributed by atoms with van der Waals surface area (Å²) in [7, 11) is 0. The second-order valence-corrected chi connectivity index (χ2v) is 7.80. The molecular weight excluding hydrogens is 384 g/mol. The first kappa shape index (κ1) is 23.3. The van der Waals surface area contributed by atoms with Crippen LogP contribution in [0, 0.1) is 5.41 Å². The molecule has 30 heavy (non-hydrogen) atoms. The van der Waals surface area contributed by atoms with E-state index in [1.54, 1.807) is 18.3 Å². The lowest BCUT2D eigenvalue weighted by Crippen LogP contribution is -2.29. The van der Waals surface area contributed by atoms with E-state index in [2.05, 4.69) is 11.9 Å². The van der Waals surface area contributed by atoms with Crippen molar-refractivity contribution >= 4 is 11.9 Å². The highest BCUT2D eigenvalue weighted by molar-refractivity contribution is 5.94. The number of ether oxygens (including phenoxy) is 2. The number of esters is 1. The van der Waals surface area contributed by atoms with Crippen molar-refractivity contribution in [2.24, 2.45) is 11.1 Å². The van der Waals surface area contributed by atoms with Crippen LogP contribution in [-0.4, -0.2) is 35.2 Å². The molecule has 1 unspecified atom stereocenters. The van der Waals surface area contributed by atoms with Crippen molar-refractivity contribution in [2.75, 3.05) is 13.2 Å². The van der Waals surface area contributed by atoms with Crippen molar-refractivity contribution < 1.29 is 24.2 Å². The second kappa shape index (κ2) is 10.7. The predicted molar refractivity (Wildman–Crippen MR) is 113 cm³/mol. The second-order valence-electron chi connectivity index (χ2n) is 7.80. The Kier molecular flexibility index (Phi) is 8.35. The molecule has 1 heterocycles. The Balaban J connectivity index is 2.03. The minimum atomic E-state index is -0.651. The Labute approximate surface area is 177 Å². The SMILES string of the molecule is CCC(CC(C)(C)C(=O)OCCO)c1ccc(COc2ncccc2C(N)=O)cc1. The Hall–Kier alpha value is -2.93. The third-order valence-corrected chi connectivity index (χ3v) is 4.99. The van der Waals surface area contributed by atoms with Crippen molar-refractivity contribution in [3.8, 4) is 5.88 Å². The first-order valence-corrected chi connectivity index (χ1v) is 10.0. The molecule has 0 aliphatic heterocycles. The number of aliphatic hydroxyl groups excluding tert-OH is 1. The summed E-state index contributed by atoms with van der Waals surface area (Å²) in [4.78, 5) is 27.8. The topological polar surface area (TPSA) is 112 Å². The van der Waals surface area contributed by atoms with Crippen molar-refractivity contribution in [2.45, 2.75) is 46.1 Å². The highest BCUT2D eigenvalue weighted by Gasteiger charge is 2.32. The molecule has 0 saturated heterocycles. The molecule has 0 saturated carbocycles. The quantitative estimate of drug-likeness (QED) is 0.546. The molecule has 0 radical (unpaired) electrons. The number of pyridine rings is 1. The van der Waals surface area contributed by atoms with E-state index in [0.717, 1.165) is 17.5 Å². The van der Waals surface area contributed by atoms with Gasteiger partial charge in [-0.1, -0.05) is 31.2 Å². The average Bonchev–Trinajstić information content (AvgIpc) is 2.74. The fraction of sp³-hybridized carbons (Fsp3) is 0.435. The molecule has 0 bridgehead atoms. The molecular formula is C23H30N2O5. The van der Waals surface area contributed by atoms with Gasteiger partial charge in [0.1, 0.15) is 18.8 Å². The molecule has 1 aromatic heterocycles. The molecule has 0 aliphatic rings. The lowest BCUT2D eigenvalue weighted by atomic mass is 9.78. The zero-order chi connectivity index (χ0) is 22.1. The highest BCUT2D eigenvalue weighted by Crippen LogP contribution is 2.35. The van der Waals surface area contributed by atoms with E-state index in [0.29, 0.717) is 6.42 Å². The Morgan fingerprint density at radius 3 is 2.50 bits per heavy atom. The number of benzene rings is 1. The van der Waals surface area contributed by atoms with Crippen LogP contribution in [0.15, 0.2) is 42.6 Å². The van der Waals surface area contributed by atoms with Gasteiger partial charge in [-0.15, -0.1) is 0 Å². The smallest absolute Gasteiger partial charge is 0.311 e. The minimum Gasteiger partial charge on any atom is -0.472 e. The van der Waals surface area contributed by atoms with Crippen molar-refractivity contribution in [3.63, 3.8) is 0 Å². The number of aliphatic hydroxyl groups is 1. The third-order valence-electron chi connectivity index (χ3n) is 4.99. The van der Waals surface area contributed by atoms with Crippen LogP contribution >= 0.6 is 0 Å². The summed E-state index contributed by atoms with van der Waals surface area (Å²) < 4.78 is 10.8. The maximum Gasteiger partial charge on any atom is 0.311 e. The number of hydrogen-bond donors (Lipinski definition) is 2. The summed E-state index contributed by atoms with van der Waals surface area (Å²) in [6.45, 7) is 5.90. The highest BCUT2D eigenvalue weighted by atomic mass is 16.5. The summed E-state index contributed by atoms with van der Waals surface area (Å²) in [5.74, 6) is -0.488. The lowest BCUT2D eigenvalue weighted by Gasteiger charge is -2.27. The summed E-state index contributed by atoms with van der Waals surface area (Å²) >= 11 is 0. The molecule has 162 valence electrons. The number of primary amides is 1. The fourth-order valence-electron chi connectivity index (χ4n) is 3.26. The number of hydrogen-bond acceptors (Lipinski definition) is 6. The summed E-state index contributed by atoms with van der Waals surface area (Å²) in [5.41, 5.74) is 6.99. The maximum absolute atomic E-state index is 12.3. The summed E-state index contributed by atoms with van der Waals surface area (Å²) in [6, 6.07) is 11.2. The van der Waals surface area contributed by atoms with Gasteiger partial charge in [0, 0.05) is 6.20 Å². The summed E-state index contributed by atoms with van der Waals surface area (Å²) in [6.07, 6.45) is 3.06. The van der Waals surface area contributed by atoms with Crippen LogP contribution < -0.4 is 10.5 Å². The van der Waals surface area contributed by atoms with Crippen LogP contribution in [0.25, 0.3) is 0 Å². The molecule has 7 heteroatoms. The van der Waals surface area contributed by atoms with Gasteiger partial charge in [-0.3, -0.25) is 9.59 Å². The van der Waals surface area contributed by atoms with Crippen molar-refractivity contribution in [1.82, 2.24) is 4.98 Å². The van der Waals surface area contributed by atoms with Gasteiger partial charge in [0.05, 0.1) is 12.0 Å². The first-order chi connectivity index (χ1) is 14.3. The van der Waals surface area contributed by atoms with Gasteiger partial charge >= 0.3 is 5.97 Å². The average molecular weight is 415 g/mol. The van der Waals surface area contributed by atoms with Gasteiger partial charge in [0.15, 0.2) is 0 Å².